The summed E-state index contributed by atoms with van der Waals surface area (Å²) < 4.78 is 41.8. The first-order valence-electron chi connectivity index (χ1n) is 7.89. The molecule has 0 bridgehead atoms. The minimum absolute atomic E-state index is 0.0507. The maximum absolute atomic E-state index is 13.4. The van der Waals surface area contributed by atoms with Crippen LogP contribution in [0.5, 0.6) is 0 Å². The summed E-state index contributed by atoms with van der Waals surface area (Å²) in [6.07, 6.45) is 0.692. The van der Waals surface area contributed by atoms with E-state index in [4.69, 9.17) is 0 Å². The van der Waals surface area contributed by atoms with Gasteiger partial charge < -0.3 is 0 Å². The van der Waals surface area contributed by atoms with Crippen molar-refractivity contribution < 1.29 is 13.0 Å². The summed E-state index contributed by atoms with van der Waals surface area (Å²) >= 11 is 0. The minimum Gasteiger partial charge on any atom is -0.242 e. The topological polar surface area (TPSA) is 29.1 Å². The van der Waals surface area contributed by atoms with Crippen LogP contribution in [0.2, 0.25) is 19.6 Å². The van der Waals surface area contributed by atoms with Gasteiger partial charge in [0.25, 0.3) is 0 Å². The van der Waals surface area contributed by atoms with Crippen LogP contribution in [0.4, 0.5) is 8.78 Å². The summed E-state index contributed by atoms with van der Waals surface area (Å²) in [5, 5.41) is 0. The van der Waals surface area contributed by atoms with E-state index in [-0.39, 0.29) is 24.8 Å². The van der Waals surface area contributed by atoms with E-state index < -0.39 is 29.7 Å². The highest BCUT2D eigenvalue weighted by atomic mass is 32.2. The molecule has 2 nitrogen and oxygen atoms in total. The second-order valence-corrected chi connectivity index (χ2v) is 14.9. The molecule has 1 fully saturated rings. The van der Waals surface area contributed by atoms with Gasteiger partial charge in [0.2, 0.25) is 5.92 Å². The quantitative estimate of drug-likeness (QED) is 0.603. The molecule has 0 heterocycles. The Bertz CT molecular complexity index is 461. The molecule has 1 aliphatic rings. The Kier molecular flexibility index (Phi) is 6.39. The zero-order valence-corrected chi connectivity index (χ0v) is 16.4. The monoisotopic (exact) mass is 349 g/mol. The SMILES string of the molecule is CC(C)(C)[S@](=O)N[C@H](C#C[Si](C)(C)C)C1CCC(F)(F)CC1. The van der Waals surface area contributed by atoms with Crippen molar-refractivity contribution in [2.45, 2.75) is 82.8 Å². The highest BCUT2D eigenvalue weighted by Crippen LogP contribution is 2.37. The van der Waals surface area contributed by atoms with Gasteiger partial charge in [0.05, 0.1) is 21.8 Å². The Hall–Kier alpha value is -0.253. The summed E-state index contributed by atoms with van der Waals surface area (Å²) in [6.45, 7) is 12.1. The van der Waals surface area contributed by atoms with Crippen molar-refractivity contribution in [2.75, 3.05) is 0 Å². The first-order chi connectivity index (χ1) is 9.80. The second kappa shape index (κ2) is 7.10. The average Bonchev–Trinajstić information content (AvgIpc) is 2.32. The molecule has 22 heavy (non-hydrogen) atoms. The molecule has 0 spiro atoms. The third-order valence-corrected chi connectivity index (χ3v) is 6.10. The fraction of sp³-hybridized carbons (Fsp3) is 0.875. The Labute approximate surface area is 137 Å². The molecule has 0 unspecified atom stereocenters. The number of rotatable bonds is 3. The largest absolute Gasteiger partial charge is 0.248 e. The standard InChI is InChI=1S/C16H29F2NOSSi/c1-15(2,3)21(20)19-14(9-12-22(4,5)6)13-7-10-16(17,18)11-8-13/h13-14,19H,7-8,10-11H2,1-6H3/t14-,21+/m1/s1. The van der Waals surface area contributed by atoms with E-state index in [0.29, 0.717) is 12.8 Å². The van der Waals surface area contributed by atoms with Gasteiger partial charge in [0.15, 0.2) is 0 Å². The number of alkyl halides is 2. The first kappa shape index (κ1) is 19.8. The number of hydrogen-bond donors (Lipinski definition) is 1. The minimum atomic E-state index is -2.55. The lowest BCUT2D eigenvalue weighted by Crippen LogP contribution is -2.44. The van der Waals surface area contributed by atoms with Crippen molar-refractivity contribution in [2.24, 2.45) is 5.92 Å². The van der Waals surface area contributed by atoms with Gasteiger partial charge >= 0.3 is 0 Å². The highest BCUT2D eigenvalue weighted by molar-refractivity contribution is 7.84. The van der Waals surface area contributed by atoms with Gasteiger partial charge in [-0.15, -0.1) is 5.54 Å². The molecule has 0 amide bonds. The average molecular weight is 350 g/mol. The Morgan fingerprint density at radius 3 is 2.14 bits per heavy atom. The summed E-state index contributed by atoms with van der Waals surface area (Å²) in [5.41, 5.74) is 3.30. The van der Waals surface area contributed by atoms with Crippen molar-refractivity contribution in [3.63, 3.8) is 0 Å². The maximum Gasteiger partial charge on any atom is 0.248 e. The summed E-state index contributed by atoms with van der Waals surface area (Å²) in [6, 6.07) is -0.261. The number of halogens is 2. The molecular weight excluding hydrogens is 320 g/mol. The van der Waals surface area contributed by atoms with Crippen LogP contribution in [0, 0.1) is 17.4 Å². The predicted molar refractivity (Wildman–Crippen MR) is 92.8 cm³/mol. The van der Waals surface area contributed by atoms with Crippen LogP contribution in [0.25, 0.3) is 0 Å². The molecule has 0 aliphatic heterocycles. The summed E-state index contributed by atoms with van der Waals surface area (Å²) in [7, 11) is -2.80. The van der Waals surface area contributed by atoms with E-state index in [2.05, 4.69) is 35.8 Å². The van der Waals surface area contributed by atoms with Gasteiger partial charge in [0, 0.05) is 12.8 Å². The molecule has 0 aromatic rings. The Balaban J connectivity index is 2.87. The van der Waals surface area contributed by atoms with Crippen LogP contribution in [0.1, 0.15) is 46.5 Å². The van der Waals surface area contributed by atoms with Gasteiger partial charge in [-0.1, -0.05) is 25.6 Å². The molecule has 0 aromatic heterocycles. The van der Waals surface area contributed by atoms with Crippen LogP contribution in [-0.4, -0.2) is 29.0 Å². The molecule has 0 aromatic carbocycles. The summed E-state index contributed by atoms with van der Waals surface area (Å²) in [4.78, 5) is 0. The van der Waals surface area contributed by atoms with Gasteiger partial charge in [-0.3, -0.25) is 0 Å². The molecule has 2 atom stereocenters. The lowest BCUT2D eigenvalue weighted by atomic mass is 9.82. The number of nitrogens with one attached hydrogen (secondary N) is 1. The van der Waals surface area contributed by atoms with Crippen LogP contribution < -0.4 is 4.72 Å². The lowest BCUT2D eigenvalue weighted by molar-refractivity contribution is -0.0469. The van der Waals surface area contributed by atoms with Crippen molar-refractivity contribution >= 4 is 19.1 Å². The van der Waals surface area contributed by atoms with E-state index in [1.807, 2.05) is 20.8 Å². The lowest BCUT2D eigenvalue weighted by Gasteiger charge is -2.33. The molecule has 128 valence electrons. The van der Waals surface area contributed by atoms with Crippen molar-refractivity contribution in [3.8, 4) is 11.5 Å². The highest BCUT2D eigenvalue weighted by Gasteiger charge is 2.38. The number of hydrogen-bond acceptors (Lipinski definition) is 1. The molecule has 0 radical (unpaired) electrons. The zero-order valence-electron chi connectivity index (χ0n) is 14.6. The predicted octanol–water partition coefficient (Wildman–Crippen LogP) is 4.11. The molecule has 0 saturated heterocycles. The van der Waals surface area contributed by atoms with Crippen LogP contribution in [-0.2, 0) is 11.0 Å². The fourth-order valence-corrected chi connectivity index (χ4v) is 3.65. The molecule has 1 aliphatic carbocycles. The van der Waals surface area contributed by atoms with Crippen LogP contribution >= 0.6 is 0 Å². The first-order valence-corrected chi connectivity index (χ1v) is 12.5. The van der Waals surface area contributed by atoms with Gasteiger partial charge in [-0.25, -0.2) is 17.7 Å². The molecule has 1 N–H and O–H groups in total. The fourth-order valence-electron chi connectivity index (χ4n) is 2.23. The second-order valence-electron chi connectivity index (χ2n) is 8.19. The van der Waals surface area contributed by atoms with Crippen molar-refractivity contribution in [1.82, 2.24) is 4.72 Å². The van der Waals surface area contributed by atoms with Gasteiger partial charge in [-0.05, 0) is 39.5 Å². The maximum atomic E-state index is 13.4. The Morgan fingerprint density at radius 2 is 1.73 bits per heavy atom. The van der Waals surface area contributed by atoms with E-state index in [9.17, 15) is 13.0 Å². The molecule has 6 heteroatoms. The van der Waals surface area contributed by atoms with Crippen LogP contribution in [0.15, 0.2) is 0 Å². The van der Waals surface area contributed by atoms with Gasteiger partial charge in [0.1, 0.15) is 8.07 Å². The molecule has 1 saturated carbocycles. The van der Waals surface area contributed by atoms with Crippen LogP contribution in [0.3, 0.4) is 0 Å². The van der Waals surface area contributed by atoms with E-state index >= 15 is 0 Å². The Morgan fingerprint density at radius 1 is 1.23 bits per heavy atom. The van der Waals surface area contributed by atoms with E-state index in [0.717, 1.165) is 0 Å². The van der Waals surface area contributed by atoms with Gasteiger partial charge in [-0.2, -0.15) is 0 Å². The molecular formula is C16H29F2NOSSi. The summed E-state index contributed by atoms with van der Waals surface area (Å²) in [5.74, 6) is 0.728. The van der Waals surface area contributed by atoms with Crippen molar-refractivity contribution in [3.05, 3.63) is 0 Å². The normalized spacial score (nSPS) is 22.5. The third kappa shape index (κ3) is 6.89. The molecule has 1 rings (SSSR count). The third-order valence-electron chi connectivity index (χ3n) is 3.63. The van der Waals surface area contributed by atoms with E-state index in [1.54, 1.807) is 0 Å². The smallest absolute Gasteiger partial charge is 0.242 e. The zero-order chi connectivity index (χ0) is 17.2. The van der Waals surface area contributed by atoms with E-state index in [1.165, 1.54) is 0 Å². The van der Waals surface area contributed by atoms with Crippen molar-refractivity contribution in [1.29, 1.82) is 0 Å².